The number of benzene rings is 1. The monoisotopic (exact) mass is 213 g/mol. The minimum Gasteiger partial charge on any atom is -0.368 e. The number of hydrogen-bond acceptors (Lipinski definition) is 3. The first-order valence-corrected chi connectivity index (χ1v) is 5.79. The molecule has 1 aliphatic carbocycles. The summed E-state index contributed by atoms with van der Waals surface area (Å²) >= 11 is 0. The Morgan fingerprint density at radius 2 is 2.19 bits per heavy atom. The summed E-state index contributed by atoms with van der Waals surface area (Å²) in [5.74, 6) is 2.61. The molecule has 3 rings (SSSR count). The van der Waals surface area contributed by atoms with Gasteiger partial charge in [0.1, 0.15) is 0 Å². The number of rotatable bonds is 3. The Balaban J connectivity index is 1.85. The van der Waals surface area contributed by atoms with E-state index in [0.29, 0.717) is 0 Å². The molecule has 1 N–H and O–H groups in total. The van der Waals surface area contributed by atoms with Crippen molar-refractivity contribution >= 4 is 16.6 Å². The maximum atomic E-state index is 4.17. The van der Waals surface area contributed by atoms with E-state index in [1.165, 1.54) is 6.42 Å². The molecular weight excluding hydrogens is 198 g/mol. The van der Waals surface area contributed by atoms with Crippen LogP contribution < -0.4 is 5.32 Å². The van der Waals surface area contributed by atoms with Crippen molar-refractivity contribution in [3.63, 3.8) is 0 Å². The number of hydrogen-bond donors (Lipinski definition) is 1. The summed E-state index contributed by atoms with van der Waals surface area (Å²) in [4.78, 5) is 0. The van der Waals surface area contributed by atoms with Crippen molar-refractivity contribution in [3.8, 4) is 0 Å². The molecule has 0 amide bonds. The van der Waals surface area contributed by atoms with Crippen LogP contribution in [-0.4, -0.2) is 16.7 Å². The van der Waals surface area contributed by atoms with Crippen LogP contribution in [0.1, 0.15) is 13.3 Å². The number of nitrogens with one attached hydrogen (secondary N) is 1. The smallest absolute Gasteiger partial charge is 0.156 e. The molecule has 2 aromatic rings. The number of aromatic nitrogens is 2. The Morgan fingerprint density at radius 1 is 1.38 bits per heavy atom. The zero-order chi connectivity index (χ0) is 11.0. The molecule has 3 nitrogen and oxygen atoms in total. The van der Waals surface area contributed by atoms with E-state index in [0.717, 1.165) is 35.0 Å². The van der Waals surface area contributed by atoms with Gasteiger partial charge in [0.25, 0.3) is 0 Å². The van der Waals surface area contributed by atoms with E-state index in [2.05, 4.69) is 34.6 Å². The van der Waals surface area contributed by atoms with E-state index in [-0.39, 0.29) is 0 Å². The first-order valence-electron chi connectivity index (χ1n) is 5.79. The van der Waals surface area contributed by atoms with Gasteiger partial charge in [-0.2, -0.15) is 5.10 Å². The van der Waals surface area contributed by atoms with Gasteiger partial charge in [-0.3, -0.25) is 0 Å². The second kappa shape index (κ2) is 3.74. The van der Waals surface area contributed by atoms with E-state index < -0.39 is 0 Å². The molecule has 1 saturated carbocycles. The standard InChI is InChI=1S/C13H15N3/c1-9-6-11(9)7-14-13-12-5-3-2-4-10(12)8-15-16-13/h2-5,8-9,11H,6-7H2,1H3,(H,14,16). The summed E-state index contributed by atoms with van der Waals surface area (Å²) in [5.41, 5.74) is 0. The van der Waals surface area contributed by atoms with Crippen molar-refractivity contribution in [2.24, 2.45) is 11.8 Å². The lowest BCUT2D eigenvalue weighted by molar-refractivity contribution is 0.783. The first-order chi connectivity index (χ1) is 7.84. The SMILES string of the molecule is CC1CC1CNc1nncc2ccccc12. The molecule has 16 heavy (non-hydrogen) atoms. The fourth-order valence-electron chi connectivity index (χ4n) is 2.07. The van der Waals surface area contributed by atoms with Gasteiger partial charge in [-0.1, -0.05) is 31.2 Å². The van der Waals surface area contributed by atoms with Crippen LogP contribution in [0, 0.1) is 11.8 Å². The maximum absolute atomic E-state index is 4.17. The summed E-state index contributed by atoms with van der Waals surface area (Å²) in [5, 5.41) is 13.9. The molecule has 0 bridgehead atoms. The van der Waals surface area contributed by atoms with E-state index in [1.807, 2.05) is 12.1 Å². The lowest BCUT2D eigenvalue weighted by atomic mass is 10.2. The Kier molecular flexibility index (Phi) is 2.24. The molecule has 82 valence electrons. The summed E-state index contributed by atoms with van der Waals surface area (Å²) < 4.78 is 0. The van der Waals surface area contributed by atoms with Gasteiger partial charge in [-0.25, -0.2) is 0 Å². The van der Waals surface area contributed by atoms with E-state index >= 15 is 0 Å². The Morgan fingerprint density at radius 3 is 3.00 bits per heavy atom. The van der Waals surface area contributed by atoms with Crippen LogP contribution in [0.4, 0.5) is 5.82 Å². The van der Waals surface area contributed by atoms with Crippen molar-refractivity contribution < 1.29 is 0 Å². The zero-order valence-corrected chi connectivity index (χ0v) is 9.35. The summed E-state index contributed by atoms with van der Waals surface area (Å²) in [6, 6.07) is 8.21. The summed E-state index contributed by atoms with van der Waals surface area (Å²) in [6.07, 6.45) is 3.14. The van der Waals surface area contributed by atoms with Gasteiger partial charge in [0, 0.05) is 17.3 Å². The van der Waals surface area contributed by atoms with E-state index in [9.17, 15) is 0 Å². The number of fused-ring (bicyclic) bond motifs is 1. The lowest BCUT2D eigenvalue weighted by Gasteiger charge is -2.06. The molecule has 1 aliphatic rings. The van der Waals surface area contributed by atoms with Crippen molar-refractivity contribution in [2.45, 2.75) is 13.3 Å². The molecule has 3 heteroatoms. The van der Waals surface area contributed by atoms with Crippen molar-refractivity contribution in [3.05, 3.63) is 30.5 Å². The highest BCUT2D eigenvalue weighted by Gasteiger charge is 2.32. The van der Waals surface area contributed by atoms with Gasteiger partial charge in [0.2, 0.25) is 0 Å². The maximum Gasteiger partial charge on any atom is 0.156 e. The van der Waals surface area contributed by atoms with Crippen molar-refractivity contribution in [2.75, 3.05) is 11.9 Å². The zero-order valence-electron chi connectivity index (χ0n) is 9.35. The van der Waals surface area contributed by atoms with Crippen LogP contribution in [0.3, 0.4) is 0 Å². The molecule has 2 unspecified atom stereocenters. The molecule has 0 saturated heterocycles. The van der Waals surface area contributed by atoms with Gasteiger partial charge in [-0.05, 0) is 18.3 Å². The second-order valence-electron chi connectivity index (χ2n) is 4.63. The van der Waals surface area contributed by atoms with Gasteiger partial charge in [0.15, 0.2) is 5.82 Å². The van der Waals surface area contributed by atoms with Crippen LogP contribution in [0.25, 0.3) is 10.8 Å². The van der Waals surface area contributed by atoms with E-state index in [4.69, 9.17) is 0 Å². The third-order valence-corrected chi connectivity index (χ3v) is 3.38. The number of anilines is 1. The number of nitrogens with zero attached hydrogens (tertiary/aromatic N) is 2. The first kappa shape index (κ1) is 9.58. The highest BCUT2D eigenvalue weighted by molar-refractivity contribution is 5.90. The molecule has 1 heterocycles. The quantitative estimate of drug-likeness (QED) is 0.851. The van der Waals surface area contributed by atoms with E-state index in [1.54, 1.807) is 6.20 Å². The summed E-state index contributed by atoms with van der Waals surface area (Å²) in [7, 11) is 0. The van der Waals surface area contributed by atoms with Crippen molar-refractivity contribution in [1.29, 1.82) is 0 Å². The van der Waals surface area contributed by atoms with Gasteiger partial charge >= 0.3 is 0 Å². The Bertz CT molecular complexity index is 504. The highest BCUT2D eigenvalue weighted by atomic mass is 15.2. The minimum absolute atomic E-state index is 0.820. The molecule has 1 aromatic heterocycles. The predicted octanol–water partition coefficient (Wildman–Crippen LogP) is 2.70. The third-order valence-electron chi connectivity index (χ3n) is 3.38. The van der Waals surface area contributed by atoms with Crippen LogP contribution in [-0.2, 0) is 0 Å². The topological polar surface area (TPSA) is 37.8 Å². The summed E-state index contributed by atoms with van der Waals surface area (Å²) in [6.45, 7) is 3.31. The normalized spacial score (nSPS) is 23.3. The Hall–Kier alpha value is -1.64. The average Bonchev–Trinajstić information content (AvgIpc) is 3.03. The average molecular weight is 213 g/mol. The molecule has 1 aromatic carbocycles. The van der Waals surface area contributed by atoms with Crippen LogP contribution in [0.15, 0.2) is 30.5 Å². The van der Waals surface area contributed by atoms with Crippen LogP contribution in [0.2, 0.25) is 0 Å². The largest absolute Gasteiger partial charge is 0.368 e. The molecule has 0 spiro atoms. The fraction of sp³-hybridized carbons (Fsp3) is 0.385. The highest BCUT2D eigenvalue weighted by Crippen LogP contribution is 2.37. The third kappa shape index (κ3) is 1.73. The fourth-order valence-corrected chi connectivity index (χ4v) is 2.07. The Labute approximate surface area is 94.9 Å². The minimum atomic E-state index is 0.820. The lowest BCUT2D eigenvalue weighted by Crippen LogP contribution is -2.07. The van der Waals surface area contributed by atoms with Crippen LogP contribution in [0.5, 0.6) is 0 Å². The second-order valence-corrected chi connectivity index (χ2v) is 4.63. The van der Waals surface area contributed by atoms with Gasteiger partial charge in [0.05, 0.1) is 6.20 Å². The molecular formula is C13H15N3. The molecule has 0 aliphatic heterocycles. The molecule has 0 radical (unpaired) electrons. The molecule has 2 atom stereocenters. The van der Waals surface area contributed by atoms with Gasteiger partial charge in [-0.15, -0.1) is 5.10 Å². The van der Waals surface area contributed by atoms with Crippen molar-refractivity contribution in [1.82, 2.24) is 10.2 Å². The molecule has 1 fully saturated rings. The van der Waals surface area contributed by atoms with Crippen LogP contribution >= 0.6 is 0 Å². The van der Waals surface area contributed by atoms with Gasteiger partial charge < -0.3 is 5.32 Å². The predicted molar refractivity (Wildman–Crippen MR) is 65.3 cm³/mol.